The van der Waals surface area contributed by atoms with Gasteiger partial charge in [0.05, 0.1) is 6.54 Å². The first-order valence-corrected chi connectivity index (χ1v) is 8.78. The standard InChI is InChI=1S/C18H25N3O3/c1-12-8-9-15-17(19-12)24-11-10-21(15)18(23)13(2)20-16(22)14-6-4-3-5-7-14/h8-9,13-14H,3-7,10-11H2,1-2H3,(H,20,22)/t13-/m0/s1. The number of aryl methyl sites for hydroxylation is 1. The predicted molar refractivity (Wildman–Crippen MR) is 91.0 cm³/mol. The Kier molecular flexibility index (Phi) is 5.02. The number of hydrogen-bond donors (Lipinski definition) is 1. The zero-order chi connectivity index (χ0) is 17.1. The van der Waals surface area contributed by atoms with Gasteiger partial charge >= 0.3 is 0 Å². The number of aromatic nitrogens is 1. The molecule has 2 amide bonds. The molecule has 3 rings (SSSR count). The van der Waals surface area contributed by atoms with Crippen LogP contribution >= 0.6 is 0 Å². The molecule has 0 spiro atoms. The summed E-state index contributed by atoms with van der Waals surface area (Å²) in [4.78, 5) is 31.2. The van der Waals surface area contributed by atoms with Crippen LogP contribution in [0.3, 0.4) is 0 Å². The van der Waals surface area contributed by atoms with Gasteiger partial charge in [-0.05, 0) is 38.8 Å². The average molecular weight is 331 g/mol. The average Bonchev–Trinajstić information content (AvgIpc) is 2.61. The van der Waals surface area contributed by atoms with Gasteiger partial charge in [-0.3, -0.25) is 9.59 Å². The molecule has 1 aliphatic heterocycles. The molecule has 1 N–H and O–H groups in total. The van der Waals surface area contributed by atoms with Gasteiger partial charge < -0.3 is 15.0 Å². The summed E-state index contributed by atoms with van der Waals surface area (Å²) in [6.45, 7) is 4.52. The highest BCUT2D eigenvalue weighted by atomic mass is 16.5. The van der Waals surface area contributed by atoms with Gasteiger partial charge in [0.2, 0.25) is 17.7 Å². The van der Waals surface area contributed by atoms with Crippen LogP contribution in [0.25, 0.3) is 0 Å². The van der Waals surface area contributed by atoms with Crippen LogP contribution in [0.15, 0.2) is 12.1 Å². The van der Waals surface area contributed by atoms with Crippen LogP contribution in [0, 0.1) is 12.8 Å². The third-order valence-corrected chi connectivity index (χ3v) is 4.80. The quantitative estimate of drug-likeness (QED) is 0.922. The molecule has 130 valence electrons. The van der Waals surface area contributed by atoms with Crippen molar-refractivity contribution in [1.82, 2.24) is 10.3 Å². The molecule has 0 saturated heterocycles. The van der Waals surface area contributed by atoms with Crippen LogP contribution in [0.2, 0.25) is 0 Å². The molecule has 1 aromatic heterocycles. The van der Waals surface area contributed by atoms with Crippen molar-refractivity contribution in [3.8, 4) is 5.88 Å². The summed E-state index contributed by atoms with van der Waals surface area (Å²) in [7, 11) is 0. The summed E-state index contributed by atoms with van der Waals surface area (Å²) in [5.41, 5.74) is 1.53. The molecular weight excluding hydrogens is 306 g/mol. The summed E-state index contributed by atoms with van der Waals surface area (Å²) in [6.07, 6.45) is 5.26. The fourth-order valence-corrected chi connectivity index (χ4v) is 3.41. The van der Waals surface area contributed by atoms with E-state index in [9.17, 15) is 9.59 Å². The van der Waals surface area contributed by atoms with Crippen LogP contribution in [0.5, 0.6) is 5.88 Å². The van der Waals surface area contributed by atoms with E-state index in [1.165, 1.54) is 6.42 Å². The molecule has 6 nitrogen and oxygen atoms in total. The highest BCUT2D eigenvalue weighted by Crippen LogP contribution is 2.30. The molecule has 0 aromatic carbocycles. The smallest absolute Gasteiger partial charge is 0.249 e. The molecule has 1 aromatic rings. The zero-order valence-corrected chi connectivity index (χ0v) is 14.4. The first kappa shape index (κ1) is 16.7. The van der Waals surface area contributed by atoms with E-state index in [0.717, 1.165) is 31.4 Å². The van der Waals surface area contributed by atoms with Crippen molar-refractivity contribution < 1.29 is 14.3 Å². The van der Waals surface area contributed by atoms with E-state index in [-0.39, 0.29) is 17.7 Å². The lowest BCUT2D eigenvalue weighted by molar-refractivity contribution is -0.130. The number of hydrogen-bond acceptors (Lipinski definition) is 4. The maximum absolute atomic E-state index is 12.8. The van der Waals surface area contributed by atoms with Gasteiger partial charge in [-0.25, -0.2) is 4.98 Å². The molecule has 0 unspecified atom stereocenters. The number of pyridine rings is 1. The minimum absolute atomic E-state index is 0.00561. The number of rotatable bonds is 3. The van der Waals surface area contributed by atoms with Crippen LogP contribution < -0.4 is 15.0 Å². The zero-order valence-electron chi connectivity index (χ0n) is 14.4. The number of carbonyl (C=O) groups excluding carboxylic acids is 2. The van der Waals surface area contributed by atoms with Gasteiger partial charge in [0, 0.05) is 11.6 Å². The van der Waals surface area contributed by atoms with E-state index in [1.54, 1.807) is 11.8 Å². The number of carbonyl (C=O) groups is 2. The highest BCUT2D eigenvalue weighted by Gasteiger charge is 2.30. The Labute approximate surface area is 142 Å². The minimum atomic E-state index is -0.549. The topological polar surface area (TPSA) is 71.5 Å². The first-order valence-electron chi connectivity index (χ1n) is 8.78. The van der Waals surface area contributed by atoms with Crippen molar-refractivity contribution in [2.24, 2.45) is 5.92 Å². The molecule has 0 bridgehead atoms. The van der Waals surface area contributed by atoms with Crippen molar-refractivity contribution >= 4 is 17.5 Å². The lowest BCUT2D eigenvalue weighted by atomic mass is 9.88. The predicted octanol–water partition coefficient (Wildman–Crippen LogP) is 2.20. The third-order valence-electron chi connectivity index (χ3n) is 4.80. The van der Waals surface area contributed by atoms with Crippen LogP contribution in [-0.4, -0.2) is 36.0 Å². The van der Waals surface area contributed by atoms with Gasteiger partial charge in [0.15, 0.2) is 0 Å². The molecule has 0 radical (unpaired) electrons. The number of nitrogens with one attached hydrogen (secondary N) is 1. The lowest BCUT2D eigenvalue weighted by Gasteiger charge is -2.31. The number of amides is 2. The number of ether oxygens (including phenoxy) is 1. The van der Waals surface area contributed by atoms with Gasteiger partial charge in [0.25, 0.3) is 0 Å². The molecule has 1 aliphatic carbocycles. The Bertz CT molecular complexity index is 626. The molecule has 1 atom stereocenters. The molecule has 1 fully saturated rings. The van der Waals surface area contributed by atoms with E-state index in [2.05, 4.69) is 10.3 Å². The lowest BCUT2D eigenvalue weighted by Crippen LogP contribution is -2.50. The number of anilines is 1. The molecule has 1 saturated carbocycles. The second-order valence-electron chi connectivity index (χ2n) is 6.68. The Morgan fingerprint density at radius 3 is 2.79 bits per heavy atom. The Balaban J connectivity index is 1.67. The molecule has 24 heavy (non-hydrogen) atoms. The summed E-state index contributed by atoms with van der Waals surface area (Å²) in [5, 5.41) is 2.90. The summed E-state index contributed by atoms with van der Waals surface area (Å²) in [6, 6.07) is 3.16. The second kappa shape index (κ2) is 7.20. The largest absolute Gasteiger partial charge is 0.474 e. The van der Waals surface area contributed by atoms with Crippen LogP contribution in [0.1, 0.15) is 44.7 Å². The number of fused-ring (bicyclic) bond motifs is 1. The fraction of sp³-hybridized carbons (Fsp3) is 0.611. The van der Waals surface area contributed by atoms with E-state index < -0.39 is 6.04 Å². The minimum Gasteiger partial charge on any atom is -0.474 e. The van der Waals surface area contributed by atoms with Gasteiger partial charge in [0.1, 0.15) is 18.3 Å². The monoisotopic (exact) mass is 331 g/mol. The molecule has 6 heteroatoms. The SMILES string of the molecule is Cc1ccc2c(n1)OCCN2C(=O)[C@H](C)NC(=O)C1CCCCC1. The van der Waals surface area contributed by atoms with E-state index in [4.69, 9.17) is 4.74 Å². The highest BCUT2D eigenvalue weighted by molar-refractivity contribution is 6.00. The maximum atomic E-state index is 12.8. The normalized spacial score (nSPS) is 19.2. The van der Waals surface area contributed by atoms with Gasteiger partial charge in [-0.15, -0.1) is 0 Å². The fourth-order valence-electron chi connectivity index (χ4n) is 3.41. The summed E-state index contributed by atoms with van der Waals surface area (Å²) < 4.78 is 5.55. The molecule has 2 heterocycles. The summed E-state index contributed by atoms with van der Waals surface area (Å²) >= 11 is 0. The van der Waals surface area contributed by atoms with Crippen molar-refractivity contribution in [3.05, 3.63) is 17.8 Å². The van der Waals surface area contributed by atoms with Crippen molar-refractivity contribution in [3.63, 3.8) is 0 Å². The molecule has 2 aliphatic rings. The van der Waals surface area contributed by atoms with E-state index in [0.29, 0.717) is 24.7 Å². The van der Waals surface area contributed by atoms with Gasteiger partial charge in [-0.1, -0.05) is 19.3 Å². The van der Waals surface area contributed by atoms with Crippen LogP contribution in [-0.2, 0) is 9.59 Å². The first-order chi connectivity index (χ1) is 11.6. The van der Waals surface area contributed by atoms with Crippen LogP contribution in [0.4, 0.5) is 5.69 Å². The molecular formula is C18H25N3O3. The van der Waals surface area contributed by atoms with Crippen molar-refractivity contribution in [1.29, 1.82) is 0 Å². The van der Waals surface area contributed by atoms with E-state index >= 15 is 0 Å². The van der Waals surface area contributed by atoms with Crippen molar-refractivity contribution in [2.75, 3.05) is 18.1 Å². The Morgan fingerprint density at radius 2 is 2.04 bits per heavy atom. The van der Waals surface area contributed by atoms with Gasteiger partial charge in [-0.2, -0.15) is 0 Å². The third kappa shape index (κ3) is 3.52. The second-order valence-corrected chi connectivity index (χ2v) is 6.68. The van der Waals surface area contributed by atoms with Crippen molar-refractivity contribution in [2.45, 2.75) is 52.0 Å². The number of nitrogens with zero attached hydrogens (tertiary/aromatic N) is 2. The van der Waals surface area contributed by atoms with E-state index in [1.807, 2.05) is 19.1 Å². The Morgan fingerprint density at radius 1 is 1.29 bits per heavy atom. The Hall–Kier alpha value is -2.11. The summed E-state index contributed by atoms with van der Waals surface area (Å²) in [5.74, 6) is 0.427. The maximum Gasteiger partial charge on any atom is 0.249 e.